The van der Waals surface area contributed by atoms with Crippen LogP contribution in [0.3, 0.4) is 0 Å². The number of rotatable bonds is 2. The summed E-state index contributed by atoms with van der Waals surface area (Å²) in [5.41, 5.74) is 1.23. The van der Waals surface area contributed by atoms with Gasteiger partial charge < -0.3 is 5.32 Å². The van der Waals surface area contributed by atoms with Crippen LogP contribution in [0.2, 0.25) is 5.15 Å². The van der Waals surface area contributed by atoms with Crippen molar-refractivity contribution < 1.29 is 4.79 Å². The van der Waals surface area contributed by atoms with Gasteiger partial charge in [-0.2, -0.15) is 0 Å². The van der Waals surface area contributed by atoms with Gasteiger partial charge in [-0.15, -0.1) is 11.8 Å². The van der Waals surface area contributed by atoms with E-state index in [1.807, 2.05) is 18.2 Å². The number of anilines is 1. The van der Waals surface area contributed by atoms with Crippen molar-refractivity contribution in [2.75, 3.05) is 5.32 Å². The van der Waals surface area contributed by atoms with Crippen LogP contribution in [0.4, 0.5) is 5.82 Å². The molecular formula is C14H11ClN2OS. The molecule has 1 N–H and O–H groups in total. The highest BCUT2D eigenvalue weighted by atomic mass is 35.5. The third kappa shape index (κ3) is 2.74. The molecule has 1 unspecified atom stereocenters. The summed E-state index contributed by atoms with van der Waals surface area (Å²) >= 11 is 7.39. The minimum absolute atomic E-state index is 0.0315. The van der Waals surface area contributed by atoms with Gasteiger partial charge in [-0.25, -0.2) is 4.98 Å². The summed E-state index contributed by atoms with van der Waals surface area (Å²) < 4.78 is 0. The average Bonchev–Trinajstić information content (AvgIpc) is 2.82. The molecule has 0 radical (unpaired) electrons. The van der Waals surface area contributed by atoms with Crippen molar-refractivity contribution in [3.63, 3.8) is 0 Å². The average molecular weight is 291 g/mol. The Morgan fingerprint density at radius 2 is 2.11 bits per heavy atom. The van der Waals surface area contributed by atoms with Gasteiger partial charge in [0.05, 0.1) is 5.25 Å². The summed E-state index contributed by atoms with van der Waals surface area (Å²) in [6.07, 6.45) is 0.757. The van der Waals surface area contributed by atoms with Crippen molar-refractivity contribution in [1.29, 1.82) is 0 Å². The zero-order valence-electron chi connectivity index (χ0n) is 9.97. The Kier molecular flexibility index (Phi) is 3.44. The molecule has 0 fully saturated rings. The van der Waals surface area contributed by atoms with Gasteiger partial charge in [0.15, 0.2) is 0 Å². The lowest BCUT2D eigenvalue weighted by Crippen LogP contribution is -2.25. The van der Waals surface area contributed by atoms with E-state index in [1.54, 1.807) is 30.0 Å². The Hall–Kier alpha value is -1.52. The first-order valence-electron chi connectivity index (χ1n) is 5.90. The Bertz CT molecular complexity index is 607. The van der Waals surface area contributed by atoms with Crippen LogP contribution in [0, 0.1) is 0 Å². The van der Waals surface area contributed by atoms with E-state index in [4.69, 9.17) is 11.6 Å². The number of halogens is 1. The molecule has 0 spiro atoms. The van der Waals surface area contributed by atoms with Crippen LogP contribution >= 0.6 is 23.4 Å². The highest BCUT2D eigenvalue weighted by Crippen LogP contribution is 2.37. The van der Waals surface area contributed by atoms with Crippen LogP contribution < -0.4 is 5.32 Å². The zero-order chi connectivity index (χ0) is 13.2. The fraction of sp³-hybridized carbons (Fsp3) is 0.143. The number of benzene rings is 1. The van der Waals surface area contributed by atoms with Crippen LogP contribution in [0.1, 0.15) is 5.56 Å². The van der Waals surface area contributed by atoms with Crippen molar-refractivity contribution in [3.8, 4) is 0 Å². The third-order valence-electron chi connectivity index (χ3n) is 2.91. The maximum Gasteiger partial charge on any atom is 0.239 e. The number of carbonyl (C=O) groups is 1. The fourth-order valence-corrected chi connectivity index (χ4v) is 3.37. The van der Waals surface area contributed by atoms with E-state index in [0.717, 1.165) is 6.42 Å². The van der Waals surface area contributed by atoms with Gasteiger partial charge in [0, 0.05) is 4.90 Å². The summed E-state index contributed by atoms with van der Waals surface area (Å²) in [4.78, 5) is 17.4. The van der Waals surface area contributed by atoms with Gasteiger partial charge >= 0.3 is 0 Å². The van der Waals surface area contributed by atoms with Gasteiger partial charge in [-0.1, -0.05) is 35.9 Å². The second-order valence-electron chi connectivity index (χ2n) is 4.25. The first kappa shape index (κ1) is 12.5. The van der Waals surface area contributed by atoms with E-state index in [1.165, 1.54) is 10.5 Å². The molecule has 0 aliphatic carbocycles. The highest BCUT2D eigenvalue weighted by molar-refractivity contribution is 8.01. The van der Waals surface area contributed by atoms with Crippen LogP contribution in [-0.4, -0.2) is 16.1 Å². The molecule has 1 aromatic carbocycles. The number of pyridine rings is 1. The molecule has 5 heteroatoms. The first-order valence-corrected chi connectivity index (χ1v) is 7.16. The van der Waals surface area contributed by atoms with Crippen LogP contribution in [0.25, 0.3) is 0 Å². The molecule has 2 aromatic rings. The van der Waals surface area contributed by atoms with Crippen LogP contribution in [0.5, 0.6) is 0 Å². The minimum atomic E-state index is -0.0989. The molecule has 1 aromatic heterocycles. The molecule has 0 saturated carbocycles. The van der Waals surface area contributed by atoms with Crippen LogP contribution in [0.15, 0.2) is 47.4 Å². The molecule has 1 atom stereocenters. The molecule has 3 nitrogen and oxygen atoms in total. The van der Waals surface area contributed by atoms with Crippen molar-refractivity contribution in [1.82, 2.24) is 4.98 Å². The van der Waals surface area contributed by atoms with Gasteiger partial charge in [0.2, 0.25) is 5.91 Å². The van der Waals surface area contributed by atoms with Gasteiger partial charge in [-0.3, -0.25) is 4.79 Å². The lowest BCUT2D eigenvalue weighted by Gasteiger charge is -2.09. The van der Waals surface area contributed by atoms with Crippen molar-refractivity contribution >= 4 is 35.1 Å². The molecule has 0 saturated heterocycles. The van der Waals surface area contributed by atoms with Gasteiger partial charge in [-0.05, 0) is 30.2 Å². The molecule has 2 heterocycles. The van der Waals surface area contributed by atoms with Crippen molar-refractivity contribution in [2.24, 2.45) is 0 Å². The van der Waals surface area contributed by atoms with Crippen LogP contribution in [-0.2, 0) is 11.2 Å². The number of nitrogens with zero attached hydrogens (tertiary/aromatic N) is 1. The number of aromatic nitrogens is 1. The lowest BCUT2D eigenvalue weighted by molar-refractivity contribution is -0.115. The Morgan fingerprint density at radius 3 is 2.89 bits per heavy atom. The van der Waals surface area contributed by atoms with Gasteiger partial charge in [0.1, 0.15) is 11.0 Å². The first-order chi connectivity index (χ1) is 9.22. The summed E-state index contributed by atoms with van der Waals surface area (Å²) in [5, 5.41) is 3.08. The number of hydrogen-bond donors (Lipinski definition) is 1. The standard InChI is InChI=1S/C14H11ClN2OS/c15-12-6-3-7-13(16-12)17-14(18)11-8-9-4-1-2-5-10(9)19-11/h1-7,11H,8H2,(H,16,17,18). The largest absolute Gasteiger partial charge is 0.310 e. The Balaban J connectivity index is 1.70. The fourth-order valence-electron chi connectivity index (χ4n) is 2.01. The molecule has 3 rings (SSSR count). The SMILES string of the molecule is O=C(Nc1cccc(Cl)n1)C1Cc2ccccc2S1. The smallest absolute Gasteiger partial charge is 0.239 e. The topological polar surface area (TPSA) is 42.0 Å². The molecule has 96 valence electrons. The number of fused-ring (bicyclic) bond motifs is 1. The molecule has 0 bridgehead atoms. The van der Waals surface area contributed by atoms with Crippen molar-refractivity contribution in [3.05, 3.63) is 53.2 Å². The normalized spacial score (nSPS) is 17.0. The maximum absolute atomic E-state index is 12.2. The summed E-state index contributed by atoms with van der Waals surface area (Å²) in [6.45, 7) is 0. The third-order valence-corrected chi connectivity index (χ3v) is 4.43. The molecule has 1 amide bonds. The number of thioether (sulfide) groups is 1. The molecular weight excluding hydrogens is 280 g/mol. The highest BCUT2D eigenvalue weighted by Gasteiger charge is 2.28. The minimum Gasteiger partial charge on any atom is -0.310 e. The Labute approximate surface area is 120 Å². The monoisotopic (exact) mass is 290 g/mol. The second-order valence-corrected chi connectivity index (χ2v) is 5.88. The van der Waals surface area contributed by atoms with Crippen molar-refractivity contribution in [2.45, 2.75) is 16.6 Å². The molecule has 1 aliphatic heterocycles. The molecule has 1 aliphatic rings. The predicted molar refractivity (Wildman–Crippen MR) is 77.7 cm³/mol. The van der Waals surface area contributed by atoms with E-state index >= 15 is 0 Å². The number of nitrogens with one attached hydrogen (secondary N) is 1. The van der Waals surface area contributed by atoms with E-state index in [2.05, 4.69) is 16.4 Å². The van der Waals surface area contributed by atoms with Gasteiger partial charge in [0.25, 0.3) is 0 Å². The number of carbonyl (C=O) groups excluding carboxylic acids is 1. The zero-order valence-corrected chi connectivity index (χ0v) is 11.5. The summed E-state index contributed by atoms with van der Waals surface area (Å²) in [5.74, 6) is 0.463. The predicted octanol–water partition coefficient (Wildman–Crippen LogP) is 3.39. The van der Waals surface area contributed by atoms with E-state index in [9.17, 15) is 4.79 Å². The van der Waals surface area contributed by atoms with E-state index in [-0.39, 0.29) is 11.2 Å². The summed E-state index contributed by atoms with van der Waals surface area (Å²) in [7, 11) is 0. The van der Waals surface area contributed by atoms with E-state index < -0.39 is 0 Å². The second kappa shape index (κ2) is 5.23. The number of hydrogen-bond acceptors (Lipinski definition) is 3. The Morgan fingerprint density at radius 1 is 1.26 bits per heavy atom. The summed E-state index contributed by atoms with van der Waals surface area (Å²) in [6, 6.07) is 13.3. The quantitative estimate of drug-likeness (QED) is 0.862. The number of amides is 1. The molecule has 19 heavy (non-hydrogen) atoms. The van der Waals surface area contributed by atoms with E-state index in [0.29, 0.717) is 11.0 Å². The lowest BCUT2D eigenvalue weighted by atomic mass is 10.1. The maximum atomic E-state index is 12.2.